The highest BCUT2D eigenvalue weighted by Crippen LogP contribution is 2.20. The molecule has 3 unspecified atom stereocenters. The van der Waals surface area contributed by atoms with Gasteiger partial charge in [-0.3, -0.25) is 14.5 Å². The first kappa shape index (κ1) is 29.8. The summed E-state index contributed by atoms with van der Waals surface area (Å²) in [4.78, 5) is 18.0. The third-order valence-electron chi connectivity index (χ3n) is 5.94. The predicted molar refractivity (Wildman–Crippen MR) is 127 cm³/mol. The lowest BCUT2D eigenvalue weighted by Crippen LogP contribution is -2.67. The van der Waals surface area contributed by atoms with Crippen LogP contribution in [0.1, 0.15) is 114 Å². The first-order valence-corrected chi connectivity index (χ1v) is 12.4. The van der Waals surface area contributed by atoms with Crippen LogP contribution in [0.4, 0.5) is 0 Å². The zero-order chi connectivity index (χ0) is 23.0. The van der Waals surface area contributed by atoms with Crippen LogP contribution in [-0.2, 0) is 14.5 Å². The van der Waals surface area contributed by atoms with Gasteiger partial charge in [0.15, 0.2) is 0 Å². The van der Waals surface area contributed by atoms with Crippen molar-refractivity contribution in [2.24, 2.45) is 11.3 Å². The molecule has 0 fully saturated rings. The maximum Gasteiger partial charge on any atom is 0.132 e. The Morgan fingerprint density at radius 3 is 1.90 bits per heavy atom. The number of nitrogens with one attached hydrogen (secondary N) is 3. The van der Waals surface area contributed by atoms with Gasteiger partial charge in [-0.05, 0) is 43.4 Å². The Morgan fingerprint density at radius 1 is 0.800 bits per heavy atom. The lowest BCUT2D eigenvalue weighted by atomic mass is 9.93. The minimum atomic E-state index is -0.580. The van der Waals surface area contributed by atoms with Gasteiger partial charge in [0.25, 0.3) is 0 Å². The maximum absolute atomic E-state index is 6.08. The fourth-order valence-corrected chi connectivity index (χ4v) is 3.28. The van der Waals surface area contributed by atoms with Crippen molar-refractivity contribution in [2.45, 2.75) is 131 Å². The van der Waals surface area contributed by atoms with Crippen LogP contribution in [-0.4, -0.2) is 31.0 Å². The molecule has 0 amide bonds. The predicted octanol–water partition coefficient (Wildman–Crippen LogP) is 5.89. The summed E-state index contributed by atoms with van der Waals surface area (Å²) in [6.07, 6.45) is 8.22. The van der Waals surface area contributed by atoms with E-state index < -0.39 is 5.66 Å². The monoisotopic (exact) mass is 431 g/mol. The van der Waals surface area contributed by atoms with Gasteiger partial charge in [-0.25, -0.2) is 0 Å². The van der Waals surface area contributed by atoms with Crippen LogP contribution in [0.5, 0.6) is 0 Å². The maximum atomic E-state index is 6.08. The Morgan fingerprint density at radius 2 is 1.43 bits per heavy atom. The average molecular weight is 432 g/mol. The molecule has 0 aromatic carbocycles. The zero-order valence-electron chi connectivity index (χ0n) is 21.5. The highest BCUT2D eigenvalue weighted by molar-refractivity contribution is 4.90. The fourth-order valence-electron chi connectivity index (χ4n) is 3.28. The summed E-state index contributed by atoms with van der Waals surface area (Å²) in [6.45, 7) is 21.1. The number of hydrogen-bond donors (Lipinski definition) is 3. The van der Waals surface area contributed by atoms with Gasteiger partial charge in [0.1, 0.15) is 5.66 Å². The molecule has 0 radical (unpaired) electrons. The van der Waals surface area contributed by atoms with Gasteiger partial charge in [0.2, 0.25) is 0 Å². The van der Waals surface area contributed by atoms with Crippen molar-refractivity contribution < 1.29 is 14.5 Å². The van der Waals surface area contributed by atoms with Crippen molar-refractivity contribution in [1.82, 2.24) is 16.4 Å². The minimum Gasteiger partial charge on any atom is -0.300 e. The van der Waals surface area contributed by atoms with Gasteiger partial charge < -0.3 is 0 Å². The molecule has 0 spiro atoms. The van der Waals surface area contributed by atoms with Crippen molar-refractivity contribution in [2.75, 3.05) is 13.2 Å². The molecular weight excluding hydrogens is 378 g/mol. The van der Waals surface area contributed by atoms with E-state index in [-0.39, 0.29) is 17.6 Å². The van der Waals surface area contributed by atoms with Crippen LogP contribution in [0.3, 0.4) is 0 Å². The summed E-state index contributed by atoms with van der Waals surface area (Å²) < 4.78 is 0. The van der Waals surface area contributed by atoms with Gasteiger partial charge in [-0.15, -0.1) is 0 Å². The summed E-state index contributed by atoms with van der Waals surface area (Å²) in [7, 11) is 0. The Balaban J connectivity index is 5.19. The minimum absolute atomic E-state index is 0.00949. The summed E-state index contributed by atoms with van der Waals surface area (Å²) in [5.74, 6) is 0.548. The third-order valence-corrected chi connectivity index (χ3v) is 5.94. The zero-order valence-corrected chi connectivity index (χ0v) is 21.5. The van der Waals surface area contributed by atoms with E-state index in [4.69, 9.17) is 14.5 Å². The molecule has 6 nitrogen and oxygen atoms in total. The SMILES string of the molecule is CCCC(CC)ONC(CC)C(CC)(NOCCC(C)(C)C)NOCC(CC)CC. The molecule has 3 atom stereocenters. The van der Waals surface area contributed by atoms with Crippen molar-refractivity contribution in [3.8, 4) is 0 Å². The van der Waals surface area contributed by atoms with Crippen LogP contribution in [0.15, 0.2) is 0 Å². The third kappa shape index (κ3) is 12.0. The highest BCUT2D eigenvalue weighted by Gasteiger charge is 2.38. The highest BCUT2D eigenvalue weighted by atomic mass is 16.7. The average Bonchev–Trinajstić information content (AvgIpc) is 2.72. The molecule has 182 valence electrons. The molecule has 0 aromatic rings. The summed E-state index contributed by atoms with van der Waals surface area (Å²) >= 11 is 0. The molecule has 0 aliphatic rings. The van der Waals surface area contributed by atoms with Gasteiger partial charge in [0, 0.05) is 0 Å². The number of rotatable bonds is 19. The number of hydroxylamine groups is 3. The molecule has 0 aliphatic carbocycles. The van der Waals surface area contributed by atoms with Gasteiger partial charge >= 0.3 is 0 Å². The van der Waals surface area contributed by atoms with Gasteiger partial charge in [-0.2, -0.15) is 16.4 Å². The Bertz CT molecular complexity index is 400. The van der Waals surface area contributed by atoms with Crippen LogP contribution in [0.2, 0.25) is 0 Å². The molecule has 30 heavy (non-hydrogen) atoms. The van der Waals surface area contributed by atoms with E-state index in [1.165, 1.54) is 0 Å². The van der Waals surface area contributed by atoms with Crippen LogP contribution in [0.25, 0.3) is 0 Å². The van der Waals surface area contributed by atoms with E-state index in [2.05, 4.69) is 78.8 Å². The van der Waals surface area contributed by atoms with E-state index in [0.717, 1.165) is 51.4 Å². The topological polar surface area (TPSA) is 63.8 Å². The largest absolute Gasteiger partial charge is 0.300 e. The Kier molecular flexibility index (Phi) is 16.3. The van der Waals surface area contributed by atoms with Crippen LogP contribution < -0.4 is 16.4 Å². The Hall–Kier alpha value is -0.240. The molecule has 0 aromatic heterocycles. The molecule has 0 saturated carbocycles. The molecule has 0 bridgehead atoms. The second kappa shape index (κ2) is 16.4. The van der Waals surface area contributed by atoms with E-state index in [0.29, 0.717) is 19.1 Å². The smallest absolute Gasteiger partial charge is 0.132 e. The van der Waals surface area contributed by atoms with Crippen LogP contribution in [0, 0.1) is 11.3 Å². The molecule has 3 N–H and O–H groups in total. The summed E-state index contributed by atoms with van der Waals surface area (Å²) in [6, 6.07) is -0.00949. The summed E-state index contributed by atoms with van der Waals surface area (Å²) in [5.41, 5.74) is 9.62. The second-order valence-corrected chi connectivity index (χ2v) is 9.70. The second-order valence-electron chi connectivity index (χ2n) is 9.70. The van der Waals surface area contributed by atoms with Gasteiger partial charge in [0.05, 0.1) is 25.4 Å². The van der Waals surface area contributed by atoms with Crippen molar-refractivity contribution in [3.05, 3.63) is 0 Å². The lowest BCUT2D eigenvalue weighted by molar-refractivity contribution is -0.162. The molecule has 0 saturated heterocycles. The van der Waals surface area contributed by atoms with Crippen LogP contribution >= 0.6 is 0 Å². The Labute approximate surface area is 187 Å². The normalized spacial score (nSPS) is 16.6. The van der Waals surface area contributed by atoms with Gasteiger partial charge in [-0.1, -0.05) is 81.6 Å². The fraction of sp³-hybridized carbons (Fsp3) is 1.00. The first-order valence-electron chi connectivity index (χ1n) is 12.4. The molecule has 0 aliphatic heterocycles. The van der Waals surface area contributed by atoms with E-state index >= 15 is 0 Å². The van der Waals surface area contributed by atoms with E-state index in [1.807, 2.05) is 0 Å². The first-order chi connectivity index (χ1) is 14.2. The summed E-state index contributed by atoms with van der Waals surface area (Å²) in [5, 5.41) is 0. The van der Waals surface area contributed by atoms with Crippen molar-refractivity contribution >= 4 is 0 Å². The number of hydrogen-bond acceptors (Lipinski definition) is 6. The van der Waals surface area contributed by atoms with E-state index in [9.17, 15) is 0 Å². The molecule has 0 heterocycles. The quantitative estimate of drug-likeness (QED) is 0.135. The lowest BCUT2D eigenvalue weighted by Gasteiger charge is -2.41. The van der Waals surface area contributed by atoms with Crippen molar-refractivity contribution in [3.63, 3.8) is 0 Å². The molecular formula is C24H53N3O3. The molecule has 0 rings (SSSR count). The van der Waals surface area contributed by atoms with E-state index in [1.54, 1.807) is 0 Å². The van der Waals surface area contributed by atoms with Crippen molar-refractivity contribution in [1.29, 1.82) is 0 Å². The standard InChI is InChI=1S/C24H53N3O3/c1-10-16-21(13-4)30-25-22(14-5)24(15-6,26-28-18-17-23(7,8)9)27-29-19-20(11-2)12-3/h20-22,25-27H,10-19H2,1-9H3. The molecule has 6 heteroatoms.